The highest BCUT2D eigenvalue weighted by atomic mass is 16.5. The standard InChI is InChI=1S/C25H26N2O5/c1-15-8-9-22-20(10-15)24(19-6-4-5-7-21(19)27-22)25(29)32-14-23(28)26-16-11-17(30-2)13-18(12-16)31-3/h8-13H,4-7,14H2,1-3H3,(H,26,28). The third-order valence-electron chi connectivity index (χ3n) is 5.59. The molecule has 32 heavy (non-hydrogen) atoms. The van der Waals surface area contributed by atoms with E-state index in [2.05, 4.69) is 5.32 Å². The van der Waals surface area contributed by atoms with Crippen molar-refractivity contribution in [2.24, 2.45) is 0 Å². The highest BCUT2D eigenvalue weighted by Crippen LogP contribution is 2.30. The first kappa shape index (κ1) is 21.6. The van der Waals surface area contributed by atoms with Crippen molar-refractivity contribution in [3.63, 3.8) is 0 Å². The molecule has 4 rings (SSSR count). The van der Waals surface area contributed by atoms with E-state index in [-0.39, 0.29) is 0 Å². The second kappa shape index (κ2) is 9.26. The number of carbonyl (C=O) groups is 2. The van der Waals surface area contributed by atoms with Crippen LogP contribution >= 0.6 is 0 Å². The molecular weight excluding hydrogens is 408 g/mol. The largest absolute Gasteiger partial charge is 0.497 e. The van der Waals surface area contributed by atoms with Gasteiger partial charge < -0.3 is 19.5 Å². The van der Waals surface area contributed by atoms with E-state index in [9.17, 15) is 9.59 Å². The third-order valence-corrected chi connectivity index (χ3v) is 5.59. The van der Waals surface area contributed by atoms with Crippen molar-refractivity contribution in [2.45, 2.75) is 32.6 Å². The van der Waals surface area contributed by atoms with Gasteiger partial charge in [0.2, 0.25) is 0 Å². The second-order valence-electron chi connectivity index (χ2n) is 7.87. The molecule has 1 N–H and O–H groups in total. The van der Waals surface area contributed by atoms with Gasteiger partial charge in [-0.1, -0.05) is 11.6 Å². The van der Waals surface area contributed by atoms with E-state index in [1.54, 1.807) is 18.2 Å². The van der Waals surface area contributed by atoms with Crippen LogP contribution in [0, 0.1) is 6.92 Å². The predicted molar refractivity (Wildman–Crippen MR) is 122 cm³/mol. The number of hydrogen-bond acceptors (Lipinski definition) is 6. The van der Waals surface area contributed by atoms with Crippen molar-refractivity contribution < 1.29 is 23.8 Å². The number of fused-ring (bicyclic) bond motifs is 2. The molecule has 0 fully saturated rings. The van der Waals surface area contributed by atoms with Crippen LogP contribution in [0.25, 0.3) is 10.9 Å². The number of rotatable bonds is 6. The van der Waals surface area contributed by atoms with Crippen molar-refractivity contribution in [2.75, 3.05) is 26.1 Å². The minimum absolute atomic E-state index is 0.400. The van der Waals surface area contributed by atoms with E-state index in [4.69, 9.17) is 19.2 Å². The maximum atomic E-state index is 13.1. The zero-order chi connectivity index (χ0) is 22.7. The van der Waals surface area contributed by atoms with Crippen LogP contribution in [0.2, 0.25) is 0 Å². The average molecular weight is 434 g/mol. The number of anilines is 1. The number of aryl methyl sites for hydroxylation is 2. The first-order chi connectivity index (χ1) is 15.5. The van der Waals surface area contributed by atoms with E-state index in [0.29, 0.717) is 22.7 Å². The Bertz CT molecular complexity index is 1170. The zero-order valence-corrected chi connectivity index (χ0v) is 18.5. The summed E-state index contributed by atoms with van der Waals surface area (Å²) < 4.78 is 15.9. The third kappa shape index (κ3) is 4.51. The Kier molecular flexibility index (Phi) is 6.25. The van der Waals surface area contributed by atoms with Crippen molar-refractivity contribution in [3.8, 4) is 11.5 Å². The quantitative estimate of drug-likeness (QED) is 0.584. The molecule has 0 bridgehead atoms. The highest BCUT2D eigenvalue weighted by molar-refractivity contribution is 6.06. The molecule has 166 valence electrons. The van der Waals surface area contributed by atoms with E-state index in [1.807, 2.05) is 25.1 Å². The summed E-state index contributed by atoms with van der Waals surface area (Å²) in [5, 5.41) is 3.49. The Hall–Kier alpha value is -3.61. The lowest BCUT2D eigenvalue weighted by Gasteiger charge is -2.20. The van der Waals surface area contributed by atoms with E-state index in [0.717, 1.165) is 53.4 Å². The number of ether oxygens (including phenoxy) is 3. The van der Waals surface area contributed by atoms with Gasteiger partial charge in [-0.05, 0) is 50.3 Å². The van der Waals surface area contributed by atoms with Gasteiger partial charge in [0, 0.05) is 35.0 Å². The van der Waals surface area contributed by atoms with Crippen molar-refractivity contribution >= 4 is 28.5 Å². The molecule has 7 heteroatoms. The maximum absolute atomic E-state index is 13.1. The Labute approximate surface area is 186 Å². The molecule has 0 aliphatic heterocycles. The number of benzene rings is 2. The Morgan fingerprint density at radius 1 is 1.00 bits per heavy atom. The number of amides is 1. The summed E-state index contributed by atoms with van der Waals surface area (Å²) in [6.45, 7) is 1.58. The van der Waals surface area contributed by atoms with Gasteiger partial charge in [-0.2, -0.15) is 0 Å². The normalized spacial score (nSPS) is 12.7. The number of pyridine rings is 1. The molecule has 0 unspecified atom stereocenters. The zero-order valence-electron chi connectivity index (χ0n) is 18.5. The molecule has 3 aromatic rings. The van der Waals surface area contributed by atoms with Gasteiger partial charge in [-0.25, -0.2) is 4.79 Å². The van der Waals surface area contributed by atoms with Gasteiger partial charge in [0.15, 0.2) is 6.61 Å². The van der Waals surface area contributed by atoms with E-state index >= 15 is 0 Å². The van der Waals surface area contributed by atoms with Gasteiger partial charge in [0.25, 0.3) is 5.91 Å². The molecule has 7 nitrogen and oxygen atoms in total. The molecular formula is C25H26N2O5. The lowest BCUT2D eigenvalue weighted by molar-refractivity contribution is -0.119. The second-order valence-corrected chi connectivity index (χ2v) is 7.87. The highest BCUT2D eigenvalue weighted by Gasteiger charge is 2.24. The molecule has 0 radical (unpaired) electrons. The van der Waals surface area contributed by atoms with Crippen molar-refractivity contribution in [1.29, 1.82) is 0 Å². The minimum atomic E-state index is -0.500. The van der Waals surface area contributed by atoms with Crippen molar-refractivity contribution in [1.82, 2.24) is 4.98 Å². The fourth-order valence-corrected chi connectivity index (χ4v) is 4.05. The van der Waals surface area contributed by atoms with Crippen LogP contribution in [0.4, 0.5) is 5.69 Å². The number of hydrogen-bond donors (Lipinski definition) is 1. The number of methoxy groups -OCH3 is 2. The number of nitrogens with one attached hydrogen (secondary N) is 1. The lowest BCUT2D eigenvalue weighted by Crippen LogP contribution is -2.22. The van der Waals surface area contributed by atoms with Crippen LogP contribution < -0.4 is 14.8 Å². The molecule has 0 atom stereocenters. The van der Waals surface area contributed by atoms with Crippen molar-refractivity contribution in [3.05, 3.63) is 58.8 Å². The van der Waals surface area contributed by atoms with Gasteiger partial charge >= 0.3 is 5.97 Å². The summed E-state index contributed by atoms with van der Waals surface area (Å²) in [5.41, 5.74) is 4.73. The van der Waals surface area contributed by atoms with Crippen LogP contribution in [0.1, 0.15) is 40.0 Å². The summed E-state index contributed by atoms with van der Waals surface area (Å²) in [7, 11) is 3.06. The predicted octanol–water partition coefficient (Wildman–Crippen LogP) is 4.23. The van der Waals surface area contributed by atoms with Gasteiger partial charge in [-0.15, -0.1) is 0 Å². The molecule has 0 spiro atoms. The van der Waals surface area contributed by atoms with E-state index in [1.165, 1.54) is 14.2 Å². The molecule has 1 aliphatic rings. The summed E-state index contributed by atoms with van der Waals surface area (Å²) in [6, 6.07) is 10.9. The van der Waals surface area contributed by atoms with Crippen LogP contribution in [0.3, 0.4) is 0 Å². The first-order valence-corrected chi connectivity index (χ1v) is 10.6. The molecule has 2 aromatic carbocycles. The summed E-state index contributed by atoms with van der Waals surface area (Å²) in [5.74, 6) is 0.139. The molecule has 0 saturated carbocycles. The molecule has 1 heterocycles. The fraction of sp³-hybridized carbons (Fsp3) is 0.320. The fourth-order valence-electron chi connectivity index (χ4n) is 4.05. The maximum Gasteiger partial charge on any atom is 0.339 e. The molecule has 1 amide bonds. The monoisotopic (exact) mass is 434 g/mol. The number of carbonyl (C=O) groups excluding carboxylic acids is 2. The minimum Gasteiger partial charge on any atom is -0.497 e. The van der Waals surface area contributed by atoms with Gasteiger partial charge in [-0.3, -0.25) is 9.78 Å². The molecule has 1 aromatic heterocycles. The van der Waals surface area contributed by atoms with Crippen LogP contribution in [-0.2, 0) is 22.4 Å². The lowest BCUT2D eigenvalue weighted by atomic mass is 9.89. The van der Waals surface area contributed by atoms with E-state index < -0.39 is 18.5 Å². The van der Waals surface area contributed by atoms with Crippen LogP contribution in [0.15, 0.2) is 36.4 Å². The topological polar surface area (TPSA) is 86.8 Å². The SMILES string of the molecule is COc1cc(NC(=O)COC(=O)c2c3c(nc4ccc(C)cc24)CCCC3)cc(OC)c1. The molecule has 0 saturated heterocycles. The Morgan fingerprint density at radius 3 is 2.44 bits per heavy atom. The summed E-state index contributed by atoms with van der Waals surface area (Å²) in [6.07, 6.45) is 3.69. The number of esters is 1. The Morgan fingerprint density at radius 2 is 1.72 bits per heavy atom. The smallest absolute Gasteiger partial charge is 0.339 e. The summed E-state index contributed by atoms with van der Waals surface area (Å²) >= 11 is 0. The number of nitrogens with zero attached hydrogens (tertiary/aromatic N) is 1. The number of aromatic nitrogens is 1. The van der Waals surface area contributed by atoms with Crippen LogP contribution in [0.5, 0.6) is 11.5 Å². The molecule has 1 aliphatic carbocycles. The van der Waals surface area contributed by atoms with Gasteiger partial charge in [0.1, 0.15) is 11.5 Å². The average Bonchev–Trinajstić information content (AvgIpc) is 2.80. The first-order valence-electron chi connectivity index (χ1n) is 10.6. The Balaban J connectivity index is 1.54. The van der Waals surface area contributed by atoms with Gasteiger partial charge in [0.05, 0.1) is 25.3 Å². The summed E-state index contributed by atoms with van der Waals surface area (Å²) in [4.78, 5) is 30.4. The van der Waals surface area contributed by atoms with Crippen LogP contribution in [-0.4, -0.2) is 37.7 Å².